The molecule has 3 aromatic rings. The van der Waals surface area contributed by atoms with E-state index in [0.29, 0.717) is 33.8 Å². The first-order valence-corrected chi connectivity index (χ1v) is 8.99. The Bertz CT molecular complexity index is 1090. The van der Waals surface area contributed by atoms with E-state index in [1.807, 2.05) is 36.4 Å². The fourth-order valence-corrected chi connectivity index (χ4v) is 3.43. The molecule has 7 nitrogen and oxygen atoms in total. The number of nitrogens with zero attached hydrogens (tertiary/aromatic N) is 3. The zero-order valence-corrected chi connectivity index (χ0v) is 16.1. The number of aromatic nitrogens is 3. The molecule has 1 atom stereocenters. The van der Waals surface area contributed by atoms with Crippen LogP contribution in [0.1, 0.15) is 18.5 Å². The van der Waals surface area contributed by atoms with Gasteiger partial charge in [0.25, 0.3) is 0 Å². The van der Waals surface area contributed by atoms with E-state index in [2.05, 4.69) is 15.4 Å². The van der Waals surface area contributed by atoms with E-state index in [1.54, 1.807) is 30.8 Å². The molecule has 4 rings (SSSR count). The molecule has 0 radical (unpaired) electrons. The lowest BCUT2D eigenvalue weighted by molar-refractivity contribution is -0.115. The van der Waals surface area contributed by atoms with Crippen LogP contribution in [0.25, 0.3) is 11.4 Å². The number of carbonyl (C=O) groups is 1. The molecule has 3 N–H and O–H groups in total. The Morgan fingerprint density at radius 2 is 2.00 bits per heavy atom. The summed E-state index contributed by atoms with van der Waals surface area (Å²) in [5.41, 5.74) is 8.40. The summed E-state index contributed by atoms with van der Waals surface area (Å²) in [6, 6.07) is 14.2. The molecule has 0 spiro atoms. The summed E-state index contributed by atoms with van der Waals surface area (Å²) in [7, 11) is 1.61. The Morgan fingerprint density at radius 1 is 1.25 bits per heavy atom. The predicted octanol–water partition coefficient (Wildman–Crippen LogP) is 3.38. The number of ether oxygens (including phenoxy) is 1. The van der Waals surface area contributed by atoms with E-state index in [1.165, 1.54) is 0 Å². The van der Waals surface area contributed by atoms with Crippen molar-refractivity contribution in [2.45, 2.75) is 13.0 Å². The molecular formula is C20H18ClN5O2. The maximum atomic E-state index is 12.2. The van der Waals surface area contributed by atoms with Crippen molar-refractivity contribution in [3.05, 3.63) is 70.4 Å². The monoisotopic (exact) mass is 395 g/mol. The van der Waals surface area contributed by atoms with Crippen molar-refractivity contribution in [2.24, 2.45) is 5.73 Å². The molecule has 1 aromatic heterocycles. The first-order chi connectivity index (χ1) is 13.5. The molecule has 28 heavy (non-hydrogen) atoms. The highest BCUT2D eigenvalue weighted by Gasteiger charge is 2.33. The van der Waals surface area contributed by atoms with Gasteiger partial charge in [0.15, 0.2) is 5.82 Å². The molecule has 0 unspecified atom stereocenters. The van der Waals surface area contributed by atoms with Crippen molar-refractivity contribution < 1.29 is 9.53 Å². The van der Waals surface area contributed by atoms with E-state index in [0.717, 1.165) is 11.1 Å². The molecule has 2 heterocycles. The summed E-state index contributed by atoms with van der Waals surface area (Å²) in [5, 5.41) is 8.39. The van der Waals surface area contributed by atoms with Crippen molar-refractivity contribution in [2.75, 3.05) is 12.4 Å². The lowest BCUT2D eigenvalue weighted by Crippen LogP contribution is -2.31. The van der Waals surface area contributed by atoms with Gasteiger partial charge in [-0.15, -0.1) is 5.10 Å². The van der Waals surface area contributed by atoms with E-state index < -0.39 is 11.9 Å². The first-order valence-electron chi connectivity index (χ1n) is 8.62. The van der Waals surface area contributed by atoms with Crippen LogP contribution in [-0.2, 0) is 4.79 Å². The average Bonchev–Trinajstić information content (AvgIpc) is 3.11. The van der Waals surface area contributed by atoms with Crippen LogP contribution in [0.5, 0.6) is 5.75 Å². The Balaban J connectivity index is 1.86. The van der Waals surface area contributed by atoms with Gasteiger partial charge in [0, 0.05) is 16.3 Å². The third kappa shape index (κ3) is 3.10. The van der Waals surface area contributed by atoms with Gasteiger partial charge in [0.1, 0.15) is 11.8 Å². The average molecular weight is 396 g/mol. The number of hydrogen-bond donors (Lipinski definition) is 2. The summed E-state index contributed by atoms with van der Waals surface area (Å²) in [4.78, 5) is 16.8. The number of anilines is 1. The van der Waals surface area contributed by atoms with Gasteiger partial charge in [0.2, 0.25) is 11.9 Å². The van der Waals surface area contributed by atoms with Gasteiger partial charge in [-0.3, -0.25) is 4.79 Å². The van der Waals surface area contributed by atoms with Crippen LogP contribution in [0.3, 0.4) is 0 Å². The number of amides is 1. The predicted molar refractivity (Wildman–Crippen MR) is 107 cm³/mol. The lowest BCUT2D eigenvalue weighted by atomic mass is 9.95. The maximum Gasteiger partial charge on any atom is 0.248 e. The fourth-order valence-electron chi connectivity index (χ4n) is 3.31. The topological polar surface area (TPSA) is 95.1 Å². The molecule has 1 aliphatic heterocycles. The maximum absolute atomic E-state index is 12.2. The lowest BCUT2D eigenvalue weighted by Gasteiger charge is -2.27. The molecular weight excluding hydrogens is 378 g/mol. The summed E-state index contributed by atoms with van der Waals surface area (Å²) >= 11 is 6.03. The van der Waals surface area contributed by atoms with Crippen molar-refractivity contribution in [1.29, 1.82) is 0 Å². The van der Waals surface area contributed by atoms with E-state index in [9.17, 15) is 4.79 Å². The van der Waals surface area contributed by atoms with Gasteiger partial charge in [-0.2, -0.15) is 4.98 Å². The van der Waals surface area contributed by atoms with Gasteiger partial charge < -0.3 is 15.8 Å². The highest BCUT2D eigenvalue weighted by molar-refractivity contribution is 6.30. The standard InChI is InChI=1S/C20H18ClN5O2/c1-11-16(18(22)27)17(12-6-8-14(21)9-7-12)26-20(23-11)24-19(25-26)13-4-3-5-15(10-13)28-2/h3-10,17H,1-2H3,(H2,22,27)(H,23,24,25)/t17-/m0/s1. The number of methoxy groups -OCH3 is 1. The van der Waals surface area contributed by atoms with Crippen LogP contribution in [-0.4, -0.2) is 27.8 Å². The van der Waals surface area contributed by atoms with Crippen LogP contribution < -0.4 is 15.8 Å². The number of carbonyl (C=O) groups excluding carboxylic acids is 1. The Hall–Kier alpha value is -3.32. The Kier molecular flexibility index (Phi) is 4.52. The fraction of sp³-hybridized carbons (Fsp3) is 0.150. The van der Waals surface area contributed by atoms with Crippen molar-refractivity contribution in [1.82, 2.24) is 14.8 Å². The molecule has 0 saturated carbocycles. The number of allylic oxidation sites excluding steroid dienone is 1. The highest BCUT2D eigenvalue weighted by Crippen LogP contribution is 2.36. The Morgan fingerprint density at radius 3 is 2.68 bits per heavy atom. The van der Waals surface area contributed by atoms with Crippen LogP contribution >= 0.6 is 11.6 Å². The van der Waals surface area contributed by atoms with Gasteiger partial charge >= 0.3 is 0 Å². The normalized spacial score (nSPS) is 15.8. The minimum absolute atomic E-state index is 0.428. The van der Waals surface area contributed by atoms with Crippen LogP contribution in [0, 0.1) is 0 Å². The molecule has 1 amide bonds. The van der Waals surface area contributed by atoms with E-state index in [4.69, 9.17) is 22.1 Å². The summed E-state index contributed by atoms with van der Waals surface area (Å²) in [5.74, 6) is 1.23. The number of rotatable bonds is 4. The van der Waals surface area contributed by atoms with Crippen molar-refractivity contribution in [3.63, 3.8) is 0 Å². The summed E-state index contributed by atoms with van der Waals surface area (Å²) in [6.07, 6.45) is 0. The summed E-state index contributed by atoms with van der Waals surface area (Å²) < 4.78 is 6.96. The second-order valence-corrected chi connectivity index (χ2v) is 6.85. The highest BCUT2D eigenvalue weighted by atomic mass is 35.5. The van der Waals surface area contributed by atoms with Gasteiger partial charge in [-0.05, 0) is 36.8 Å². The number of hydrogen-bond acceptors (Lipinski definition) is 5. The minimum Gasteiger partial charge on any atom is -0.497 e. The quantitative estimate of drug-likeness (QED) is 0.706. The molecule has 8 heteroatoms. The Labute approximate surface area is 166 Å². The van der Waals surface area contributed by atoms with E-state index in [-0.39, 0.29) is 0 Å². The number of primary amides is 1. The van der Waals surface area contributed by atoms with Crippen LogP contribution in [0.15, 0.2) is 59.8 Å². The molecule has 0 saturated heterocycles. The minimum atomic E-state index is -0.519. The third-order valence-electron chi connectivity index (χ3n) is 4.63. The number of nitrogens with one attached hydrogen (secondary N) is 1. The van der Waals surface area contributed by atoms with Gasteiger partial charge in [-0.1, -0.05) is 35.9 Å². The van der Waals surface area contributed by atoms with E-state index >= 15 is 0 Å². The molecule has 0 bridgehead atoms. The number of nitrogens with two attached hydrogens (primary N) is 1. The first kappa shape index (κ1) is 18.1. The third-order valence-corrected chi connectivity index (χ3v) is 4.88. The zero-order chi connectivity index (χ0) is 19.8. The van der Waals surface area contributed by atoms with Crippen molar-refractivity contribution in [3.8, 4) is 17.1 Å². The molecule has 1 aliphatic rings. The largest absolute Gasteiger partial charge is 0.497 e. The smallest absolute Gasteiger partial charge is 0.248 e. The van der Waals surface area contributed by atoms with Gasteiger partial charge in [-0.25, -0.2) is 4.68 Å². The van der Waals surface area contributed by atoms with Gasteiger partial charge in [0.05, 0.1) is 12.7 Å². The SMILES string of the molecule is COc1cccc(-c2nc3n(n2)[C@@H](c2ccc(Cl)cc2)C(C(N)=O)=C(C)N3)c1. The second-order valence-electron chi connectivity index (χ2n) is 6.42. The van der Waals surface area contributed by atoms with Crippen LogP contribution in [0.4, 0.5) is 5.95 Å². The van der Waals surface area contributed by atoms with Crippen molar-refractivity contribution >= 4 is 23.5 Å². The molecule has 2 aromatic carbocycles. The summed E-state index contributed by atoms with van der Waals surface area (Å²) in [6.45, 7) is 1.80. The second kappa shape index (κ2) is 7.01. The number of benzene rings is 2. The zero-order valence-electron chi connectivity index (χ0n) is 15.3. The molecule has 0 fully saturated rings. The molecule has 0 aliphatic carbocycles. The number of fused-ring (bicyclic) bond motifs is 1. The molecule has 142 valence electrons. The van der Waals surface area contributed by atoms with Crippen LogP contribution in [0.2, 0.25) is 5.02 Å². The number of halogens is 1.